The zero-order chi connectivity index (χ0) is 16.1. The lowest BCUT2D eigenvalue weighted by molar-refractivity contribution is 0.102. The number of hydrogen-bond donors (Lipinski definition) is 2. The van der Waals surface area contributed by atoms with Crippen LogP contribution in [0.15, 0.2) is 59.2 Å². The zero-order valence-electron chi connectivity index (χ0n) is 12.6. The van der Waals surface area contributed by atoms with Crippen LogP contribution in [0, 0.1) is 6.92 Å². The van der Waals surface area contributed by atoms with Crippen molar-refractivity contribution < 1.29 is 9.21 Å². The summed E-state index contributed by atoms with van der Waals surface area (Å²) >= 11 is 0. The summed E-state index contributed by atoms with van der Waals surface area (Å²) in [6.45, 7) is 2.24. The fourth-order valence-corrected chi connectivity index (χ4v) is 2.08. The lowest BCUT2D eigenvalue weighted by atomic mass is 10.3. The highest BCUT2D eigenvalue weighted by Gasteiger charge is 2.11. The highest BCUT2D eigenvalue weighted by Crippen LogP contribution is 2.12. The van der Waals surface area contributed by atoms with Crippen LogP contribution < -0.4 is 10.6 Å². The molecule has 3 rings (SSSR count). The monoisotopic (exact) mass is 308 g/mol. The van der Waals surface area contributed by atoms with E-state index in [2.05, 4.69) is 20.6 Å². The fourth-order valence-electron chi connectivity index (χ4n) is 2.08. The molecule has 0 saturated carbocycles. The molecule has 2 N–H and O–H groups in total. The van der Waals surface area contributed by atoms with Gasteiger partial charge in [0.2, 0.25) is 0 Å². The normalized spacial score (nSPS) is 10.3. The summed E-state index contributed by atoms with van der Waals surface area (Å²) in [6, 6.07) is 14.6. The first-order valence-corrected chi connectivity index (χ1v) is 7.19. The fraction of sp³-hybridized carbons (Fsp3) is 0.118. The molecule has 0 bridgehead atoms. The van der Waals surface area contributed by atoms with Gasteiger partial charge in [-0.25, -0.2) is 9.97 Å². The molecular weight excluding hydrogens is 292 g/mol. The summed E-state index contributed by atoms with van der Waals surface area (Å²) in [4.78, 5) is 20.8. The number of benzene rings is 1. The van der Waals surface area contributed by atoms with E-state index in [0.717, 1.165) is 11.4 Å². The van der Waals surface area contributed by atoms with Gasteiger partial charge in [0.15, 0.2) is 0 Å². The van der Waals surface area contributed by atoms with Crippen molar-refractivity contribution in [2.75, 3.05) is 10.6 Å². The third kappa shape index (κ3) is 3.94. The molecule has 1 aromatic carbocycles. The Bertz CT molecular complexity index is 786. The molecule has 0 saturated heterocycles. The van der Waals surface area contributed by atoms with Crippen molar-refractivity contribution in [2.45, 2.75) is 13.5 Å². The summed E-state index contributed by atoms with van der Waals surface area (Å²) in [5.41, 5.74) is 1.03. The number of aryl methyl sites for hydroxylation is 1. The Labute approximate surface area is 133 Å². The number of carbonyl (C=O) groups excluding carboxylic acids is 1. The number of hydrogen-bond acceptors (Lipinski definition) is 5. The zero-order valence-corrected chi connectivity index (χ0v) is 12.6. The van der Waals surface area contributed by atoms with E-state index < -0.39 is 0 Å². The molecule has 0 radical (unpaired) electrons. The van der Waals surface area contributed by atoms with Crippen LogP contribution in [0.3, 0.4) is 0 Å². The van der Waals surface area contributed by atoms with Crippen LogP contribution >= 0.6 is 0 Å². The predicted octanol–water partition coefficient (Wildman–Crippen LogP) is 3.24. The van der Waals surface area contributed by atoms with E-state index in [0.29, 0.717) is 23.9 Å². The number of nitrogens with one attached hydrogen (secondary N) is 2. The average molecular weight is 308 g/mol. The van der Waals surface area contributed by atoms with Crippen molar-refractivity contribution in [3.63, 3.8) is 0 Å². The number of nitrogens with zero attached hydrogens (tertiary/aromatic N) is 2. The van der Waals surface area contributed by atoms with E-state index in [1.165, 1.54) is 0 Å². The molecule has 1 amide bonds. The van der Waals surface area contributed by atoms with Crippen molar-refractivity contribution in [3.05, 3.63) is 72.1 Å². The molecule has 6 heteroatoms. The maximum Gasteiger partial charge on any atom is 0.274 e. The Morgan fingerprint density at radius 3 is 2.70 bits per heavy atom. The third-order valence-electron chi connectivity index (χ3n) is 3.13. The van der Waals surface area contributed by atoms with Crippen LogP contribution in [0.1, 0.15) is 22.1 Å². The Kier molecular flexibility index (Phi) is 4.33. The van der Waals surface area contributed by atoms with Crippen molar-refractivity contribution in [2.24, 2.45) is 0 Å². The van der Waals surface area contributed by atoms with Gasteiger partial charge in [-0.3, -0.25) is 4.79 Å². The molecule has 0 aliphatic carbocycles. The quantitative estimate of drug-likeness (QED) is 0.756. The number of rotatable bonds is 5. The largest absolute Gasteiger partial charge is 0.467 e. The first-order chi connectivity index (χ1) is 11.2. The summed E-state index contributed by atoms with van der Waals surface area (Å²) < 4.78 is 5.26. The van der Waals surface area contributed by atoms with Crippen molar-refractivity contribution in [3.8, 4) is 0 Å². The summed E-state index contributed by atoms with van der Waals surface area (Å²) in [7, 11) is 0. The van der Waals surface area contributed by atoms with Gasteiger partial charge in [-0.2, -0.15) is 0 Å². The molecule has 2 aromatic heterocycles. The van der Waals surface area contributed by atoms with Gasteiger partial charge in [0, 0.05) is 11.8 Å². The van der Waals surface area contributed by atoms with Crippen LogP contribution in [0.25, 0.3) is 0 Å². The second-order valence-corrected chi connectivity index (χ2v) is 4.94. The molecule has 0 atom stereocenters. The maximum absolute atomic E-state index is 12.3. The molecule has 0 fully saturated rings. The van der Waals surface area contributed by atoms with E-state index in [-0.39, 0.29) is 5.91 Å². The van der Waals surface area contributed by atoms with Gasteiger partial charge in [0.05, 0.1) is 12.8 Å². The highest BCUT2D eigenvalue weighted by molar-refractivity contribution is 6.03. The lowest BCUT2D eigenvalue weighted by Crippen LogP contribution is -2.15. The van der Waals surface area contributed by atoms with E-state index >= 15 is 0 Å². The summed E-state index contributed by atoms with van der Waals surface area (Å²) in [5.74, 6) is 1.61. The van der Waals surface area contributed by atoms with E-state index in [1.54, 1.807) is 19.3 Å². The molecule has 0 aliphatic heterocycles. The summed E-state index contributed by atoms with van der Waals surface area (Å²) in [6.07, 6.45) is 1.61. The van der Waals surface area contributed by atoms with Crippen molar-refractivity contribution in [1.82, 2.24) is 9.97 Å². The number of furan rings is 1. The topological polar surface area (TPSA) is 80.0 Å². The number of carbonyl (C=O) groups is 1. The molecule has 0 spiro atoms. The van der Waals surface area contributed by atoms with Crippen LogP contribution in [0.5, 0.6) is 0 Å². The minimum absolute atomic E-state index is 0.275. The third-order valence-corrected chi connectivity index (χ3v) is 3.13. The van der Waals surface area contributed by atoms with Crippen LogP contribution in [-0.2, 0) is 6.54 Å². The molecule has 116 valence electrons. The van der Waals surface area contributed by atoms with Gasteiger partial charge in [-0.05, 0) is 31.2 Å². The van der Waals surface area contributed by atoms with E-state index in [4.69, 9.17) is 4.42 Å². The Morgan fingerprint density at radius 1 is 1.13 bits per heavy atom. The minimum atomic E-state index is -0.275. The lowest BCUT2D eigenvalue weighted by Gasteiger charge is -2.08. The highest BCUT2D eigenvalue weighted by atomic mass is 16.3. The van der Waals surface area contributed by atoms with Crippen LogP contribution in [-0.4, -0.2) is 15.9 Å². The number of amides is 1. The predicted molar refractivity (Wildman–Crippen MR) is 87.2 cm³/mol. The van der Waals surface area contributed by atoms with E-state index in [9.17, 15) is 4.79 Å². The average Bonchev–Trinajstić information content (AvgIpc) is 3.07. The molecular formula is C17H16N4O2. The second-order valence-electron chi connectivity index (χ2n) is 4.94. The molecule has 0 aliphatic rings. The smallest absolute Gasteiger partial charge is 0.274 e. The van der Waals surface area contributed by atoms with Crippen molar-refractivity contribution >= 4 is 17.4 Å². The molecule has 0 unspecified atom stereocenters. The number of para-hydroxylation sites is 1. The SMILES string of the molecule is Cc1nc(NCc2ccco2)cc(C(=O)Nc2ccccc2)n1. The van der Waals surface area contributed by atoms with Crippen LogP contribution in [0.4, 0.5) is 11.5 Å². The van der Waals surface area contributed by atoms with Gasteiger partial charge in [-0.15, -0.1) is 0 Å². The maximum atomic E-state index is 12.3. The van der Waals surface area contributed by atoms with Gasteiger partial charge < -0.3 is 15.1 Å². The Balaban J connectivity index is 1.73. The second kappa shape index (κ2) is 6.74. The Hall–Kier alpha value is -3.15. The summed E-state index contributed by atoms with van der Waals surface area (Å²) in [5, 5.41) is 5.93. The number of aromatic nitrogens is 2. The molecule has 2 heterocycles. The molecule has 3 aromatic rings. The van der Waals surface area contributed by atoms with Gasteiger partial charge in [0.1, 0.15) is 23.1 Å². The minimum Gasteiger partial charge on any atom is -0.467 e. The molecule has 23 heavy (non-hydrogen) atoms. The van der Waals surface area contributed by atoms with Crippen molar-refractivity contribution in [1.29, 1.82) is 0 Å². The van der Waals surface area contributed by atoms with Gasteiger partial charge in [-0.1, -0.05) is 18.2 Å². The van der Waals surface area contributed by atoms with Gasteiger partial charge in [0.25, 0.3) is 5.91 Å². The Morgan fingerprint density at radius 2 is 1.96 bits per heavy atom. The standard InChI is InChI=1S/C17H16N4O2/c1-12-19-15(17(22)21-13-6-3-2-4-7-13)10-16(20-12)18-11-14-8-5-9-23-14/h2-10H,11H2,1H3,(H,21,22)(H,18,19,20). The van der Waals surface area contributed by atoms with Crippen LogP contribution in [0.2, 0.25) is 0 Å². The first-order valence-electron chi connectivity index (χ1n) is 7.19. The number of anilines is 2. The van der Waals surface area contributed by atoms with E-state index in [1.807, 2.05) is 42.5 Å². The van der Waals surface area contributed by atoms with Gasteiger partial charge >= 0.3 is 0 Å². The first kappa shape index (κ1) is 14.8. The molecule has 6 nitrogen and oxygen atoms in total.